The Balaban J connectivity index is 1.64. The second kappa shape index (κ2) is 6.05. The molecule has 2 N–H and O–H groups in total. The molecular weight excluding hydrogens is 290 g/mol. The maximum absolute atomic E-state index is 11.9. The molecule has 6 nitrogen and oxygen atoms in total. The number of halogens is 1. The summed E-state index contributed by atoms with van der Waals surface area (Å²) >= 11 is 5.90. The van der Waals surface area contributed by atoms with Gasteiger partial charge in [-0.2, -0.15) is 0 Å². The Morgan fingerprint density at radius 2 is 2.19 bits per heavy atom. The standard InChI is InChI=1S/C14H14ClN5O/c15-14-18-10-5-3-4-9(10)13(20-14)17-8-12(21)19-11-6-1-2-7-16-11/h1-2,6-7H,3-5,8H2,(H,16,19,21)(H,17,18,20). The first-order valence-corrected chi connectivity index (χ1v) is 7.10. The summed E-state index contributed by atoms with van der Waals surface area (Å²) in [6.07, 6.45) is 4.49. The van der Waals surface area contributed by atoms with Gasteiger partial charge < -0.3 is 10.6 Å². The van der Waals surface area contributed by atoms with Crippen molar-refractivity contribution in [3.8, 4) is 0 Å². The molecule has 0 aromatic carbocycles. The van der Waals surface area contributed by atoms with E-state index in [1.807, 2.05) is 6.07 Å². The molecular formula is C14H14ClN5O. The number of aromatic nitrogens is 3. The summed E-state index contributed by atoms with van der Waals surface area (Å²) in [5.41, 5.74) is 2.03. The predicted octanol–water partition coefficient (Wildman–Crippen LogP) is 2.06. The summed E-state index contributed by atoms with van der Waals surface area (Å²) in [5, 5.41) is 5.95. The number of amides is 1. The maximum atomic E-state index is 11.9. The fraction of sp³-hybridized carbons (Fsp3) is 0.286. The van der Waals surface area contributed by atoms with Gasteiger partial charge in [0.05, 0.1) is 12.2 Å². The van der Waals surface area contributed by atoms with Gasteiger partial charge in [-0.25, -0.2) is 15.0 Å². The van der Waals surface area contributed by atoms with Crippen LogP contribution < -0.4 is 10.6 Å². The van der Waals surface area contributed by atoms with Gasteiger partial charge in [-0.05, 0) is 43.0 Å². The van der Waals surface area contributed by atoms with Gasteiger partial charge in [-0.1, -0.05) is 6.07 Å². The Morgan fingerprint density at radius 3 is 3.00 bits per heavy atom. The molecule has 2 aromatic heterocycles. The summed E-state index contributed by atoms with van der Waals surface area (Å²) in [7, 11) is 0. The molecule has 1 aliphatic carbocycles. The van der Waals surface area contributed by atoms with Crippen LogP contribution in [0.4, 0.5) is 11.6 Å². The van der Waals surface area contributed by atoms with Gasteiger partial charge in [-0.15, -0.1) is 0 Å². The summed E-state index contributed by atoms with van der Waals surface area (Å²) in [5.74, 6) is 0.990. The molecule has 0 unspecified atom stereocenters. The molecule has 0 saturated carbocycles. The van der Waals surface area contributed by atoms with Crippen LogP contribution in [0.15, 0.2) is 24.4 Å². The highest BCUT2D eigenvalue weighted by molar-refractivity contribution is 6.28. The van der Waals surface area contributed by atoms with Crippen LogP contribution in [0.2, 0.25) is 5.28 Å². The van der Waals surface area contributed by atoms with Gasteiger partial charge in [0, 0.05) is 11.8 Å². The van der Waals surface area contributed by atoms with E-state index in [0.29, 0.717) is 11.6 Å². The first-order chi connectivity index (χ1) is 10.2. The third kappa shape index (κ3) is 3.28. The predicted molar refractivity (Wildman–Crippen MR) is 80.4 cm³/mol. The van der Waals surface area contributed by atoms with Crippen LogP contribution in [-0.2, 0) is 17.6 Å². The molecule has 2 heterocycles. The van der Waals surface area contributed by atoms with Crippen LogP contribution in [-0.4, -0.2) is 27.4 Å². The Bertz CT molecular complexity index is 662. The summed E-state index contributed by atoms with van der Waals surface area (Å²) < 4.78 is 0. The topological polar surface area (TPSA) is 79.8 Å². The van der Waals surface area contributed by atoms with E-state index in [0.717, 1.165) is 30.5 Å². The first kappa shape index (κ1) is 13.8. The van der Waals surface area contributed by atoms with E-state index >= 15 is 0 Å². The van der Waals surface area contributed by atoms with Gasteiger partial charge in [0.15, 0.2) is 0 Å². The third-order valence-electron chi connectivity index (χ3n) is 3.25. The molecule has 0 saturated heterocycles. The lowest BCUT2D eigenvalue weighted by Crippen LogP contribution is -2.23. The second-order valence-electron chi connectivity index (χ2n) is 4.74. The van der Waals surface area contributed by atoms with E-state index in [-0.39, 0.29) is 17.7 Å². The van der Waals surface area contributed by atoms with Gasteiger partial charge >= 0.3 is 0 Å². The number of carbonyl (C=O) groups is 1. The summed E-state index contributed by atoms with van der Waals surface area (Å²) in [6, 6.07) is 5.34. The highest BCUT2D eigenvalue weighted by Gasteiger charge is 2.19. The largest absolute Gasteiger partial charge is 0.361 e. The minimum absolute atomic E-state index is 0.107. The number of fused-ring (bicyclic) bond motifs is 1. The lowest BCUT2D eigenvalue weighted by atomic mass is 10.2. The molecule has 108 valence electrons. The van der Waals surface area contributed by atoms with Crippen molar-refractivity contribution in [2.75, 3.05) is 17.2 Å². The van der Waals surface area contributed by atoms with Crippen LogP contribution in [0.1, 0.15) is 17.7 Å². The molecule has 2 aromatic rings. The number of carbonyl (C=O) groups excluding carboxylic acids is 1. The van der Waals surface area contributed by atoms with Crippen molar-refractivity contribution in [2.45, 2.75) is 19.3 Å². The Kier molecular flexibility index (Phi) is 3.96. The van der Waals surface area contributed by atoms with Crippen molar-refractivity contribution in [1.82, 2.24) is 15.0 Å². The number of pyridine rings is 1. The maximum Gasteiger partial charge on any atom is 0.244 e. The monoisotopic (exact) mass is 303 g/mol. The average Bonchev–Trinajstić information content (AvgIpc) is 2.94. The van der Waals surface area contributed by atoms with Crippen molar-refractivity contribution in [3.63, 3.8) is 0 Å². The van der Waals surface area contributed by atoms with Gasteiger partial charge in [0.2, 0.25) is 11.2 Å². The molecule has 0 radical (unpaired) electrons. The highest BCUT2D eigenvalue weighted by atomic mass is 35.5. The van der Waals surface area contributed by atoms with Crippen LogP contribution in [0, 0.1) is 0 Å². The zero-order chi connectivity index (χ0) is 14.7. The van der Waals surface area contributed by atoms with E-state index in [9.17, 15) is 4.79 Å². The van der Waals surface area contributed by atoms with E-state index < -0.39 is 0 Å². The SMILES string of the molecule is O=C(CNc1nc(Cl)nc2c1CCC2)Nc1ccccn1. The molecule has 21 heavy (non-hydrogen) atoms. The number of hydrogen-bond acceptors (Lipinski definition) is 5. The van der Waals surface area contributed by atoms with E-state index in [1.165, 1.54) is 0 Å². The average molecular weight is 304 g/mol. The summed E-state index contributed by atoms with van der Waals surface area (Å²) in [4.78, 5) is 24.3. The first-order valence-electron chi connectivity index (χ1n) is 6.72. The molecule has 0 spiro atoms. The quantitative estimate of drug-likeness (QED) is 0.845. The van der Waals surface area contributed by atoms with E-state index in [4.69, 9.17) is 11.6 Å². The number of aryl methyl sites for hydroxylation is 1. The Morgan fingerprint density at radius 1 is 1.29 bits per heavy atom. The van der Waals surface area contributed by atoms with Crippen molar-refractivity contribution >= 4 is 29.1 Å². The Labute approximate surface area is 127 Å². The zero-order valence-electron chi connectivity index (χ0n) is 11.3. The van der Waals surface area contributed by atoms with Gasteiger partial charge in [-0.3, -0.25) is 4.79 Å². The van der Waals surface area contributed by atoms with Crippen molar-refractivity contribution in [1.29, 1.82) is 0 Å². The van der Waals surface area contributed by atoms with Crippen molar-refractivity contribution < 1.29 is 4.79 Å². The lowest BCUT2D eigenvalue weighted by Gasteiger charge is -2.10. The second-order valence-corrected chi connectivity index (χ2v) is 5.07. The van der Waals surface area contributed by atoms with E-state index in [2.05, 4.69) is 25.6 Å². The van der Waals surface area contributed by atoms with Crippen LogP contribution in [0.5, 0.6) is 0 Å². The lowest BCUT2D eigenvalue weighted by molar-refractivity contribution is -0.114. The molecule has 0 fully saturated rings. The number of hydrogen-bond donors (Lipinski definition) is 2. The van der Waals surface area contributed by atoms with Crippen LogP contribution in [0.3, 0.4) is 0 Å². The number of nitrogens with zero attached hydrogens (tertiary/aromatic N) is 3. The van der Waals surface area contributed by atoms with Crippen LogP contribution >= 0.6 is 11.6 Å². The van der Waals surface area contributed by atoms with Crippen molar-refractivity contribution in [3.05, 3.63) is 40.9 Å². The van der Waals surface area contributed by atoms with Gasteiger partial charge in [0.25, 0.3) is 0 Å². The fourth-order valence-electron chi connectivity index (χ4n) is 2.34. The molecule has 0 atom stereocenters. The number of rotatable bonds is 4. The number of nitrogens with one attached hydrogen (secondary N) is 2. The highest BCUT2D eigenvalue weighted by Crippen LogP contribution is 2.27. The molecule has 7 heteroatoms. The normalized spacial score (nSPS) is 12.8. The minimum atomic E-state index is -0.185. The molecule has 0 bridgehead atoms. The van der Waals surface area contributed by atoms with Crippen LogP contribution in [0.25, 0.3) is 0 Å². The Hall–Kier alpha value is -2.21. The fourth-order valence-corrected chi connectivity index (χ4v) is 2.52. The summed E-state index contributed by atoms with van der Waals surface area (Å²) in [6.45, 7) is 0.107. The molecule has 3 rings (SSSR count). The van der Waals surface area contributed by atoms with Gasteiger partial charge in [0.1, 0.15) is 11.6 Å². The molecule has 0 aliphatic heterocycles. The smallest absolute Gasteiger partial charge is 0.244 e. The minimum Gasteiger partial charge on any atom is -0.361 e. The molecule has 1 amide bonds. The zero-order valence-corrected chi connectivity index (χ0v) is 12.0. The van der Waals surface area contributed by atoms with E-state index in [1.54, 1.807) is 18.3 Å². The molecule has 1 aliphatic rings. The number of anilines is 2. The third-order valence-corrected chi connectivity index (χ3v) is 3.42. The van der Waals surface area contributed by atoms with Crippen molar-refractivity contribution in [2.24, 2.45) is 0 Å².